The molecule has 0 aliphatic heterocycles. The summed E-state index contributed by atoms with van der Waals surface area (Å²) in [5.41, 5.74) is 7.73. The van der Waals surface area contributed by atoms with Gasteiger partial charge in [0.05, 0.1) is 24.1 Å². The highest BCUT2D eigenvalue weighted by molar-refractivity contribution is 5.97. The number of benzene rings is 2. The first kappa shape index (κ1) is 26.2. The van der Waals surface area contributed by atoms with Gasteiger partial charge >= 0.3 is 11.9 Å². The number of rotatable bonds is 11. The molecular formula is C25H29N5O6. The summed E-state index contributed by atoms with van der Waals surface area (Å²) in [6.45, 7) is 4.18. The number of nitrogens with one attached hydrogen (secondary N) is 3. The van der Waals surface area contributed by atoms with Crippen molar-refractivity contribution in [3.63, 3.8) is 0 Å². The molecule has 11 nitrogen and oxygen atoms in total. The lowest BCUT2D eigenvalue weighted by atomic mass is 10.1. The molecule has 0 saturated heterocycles. The highest BCUT2D eigenvalue weighted by atomic mass is 16.5. The van der Waals surface area contributed by atoms with Crippen molar-refractivity contribution in [2.45, 2.75) is 39.3 Å². The zero-order chi connectivity index (χ0) is 26.1. The third-order valence-electron chi connectivity index (χ3n) is 5.25. The van der Waals surface area contributed by atoms with Crippen LogP contribution in [0.2, 0.25) is 0 Å². The normalized spacial score (nSPS) is 11.5. The molecule has 1 aromatic heterocycles. The van der Waals surface area contributed by atoms with Crippen LogP contribution in [0.4, 0.5) is 11.6 Å². The molecule has 11 heteroatoms. The van der Waals surface area contributed by atoms with E-state index >= 15 is 0 Å². The van der Waals surface area contributed by atoms with Gasteiger partial charge in [-0.15, -0.1) is 0 Å². The minimum absolute atomic E-state index is 0.0233. The van der Waals surface area contributed by atoms with Crippen molar-refractivity contribution in [2.24, 2.45) is 0 Å². The van der Waals surface area contributed by atoms with Gasteiger partial charge in [0.2, 0.25) is 5.95 Å². The number of aromatic amines is 1. The van der Waals surface area contributed by atoms with Crippen LogP contribution >= 0.6 is 0 Å². The van der Waals surface area contributed by atoms with E-state index in [1.165, 1.54) is 0 Å². The van der Waals surface area contributed by atoms with E-state index in [0.29, 0.717) is 23.0 Å². The van der Waals surface area contributed by atoms with E-state index in [4.69, 9.17) is 15.2 Å². The Balaban J connectivity index is 1.61. The maximum Gasteiger partial charge on any atom is 0.328 e. The second-order valence-electron chi connectivity index (χ2n) is 7.86. The van der Waals surface area contributed by atoms with Crippen LogP contribution in [0, 0.1) is 0 Å². The van der Waals surface area contributed by atoms with E-state index in [0.717, 1.165) is 11.3 Å². The van der Waals surface area contributed by atoms with Gasteiger partial charge in [-0.3, -0.25) is 19.4 Å². The molecule has 0 aliphatic carbocycles. The van der Waals surface area contributed by atoms with E-state index in [-0.39, 0.29) is 37.6 Å². The standard InChI is InChI=1S/C25H29N5O6/c1-3-35-21(31)12-11-20(24(34)36-4-2)28-22(32)16-6-8-17(9-7-16)27-14-15-5-10-19-18(13-15)23(33)30-25(26)29-19/h5-10,13,20,27H,3-4,11-12,14H2,1-2H3,(H,28,32)(H3,26,29,30,33)/t20-/m1/s1. The van der Waals surface area contributed by atoms with E-state index in [1.807, 2.05) is 6.07 Å². The SMILES string of the molecule is CCOC(=O)CC[C@@H](NC(=O)c1ccc(NCc2ccc3nc(N)[nH]c(=O)c3c2)cc1)C(=O)OCC. The van der Waals surface area contributed by atoms with Gasteiger partial charge in [0.1, 0.15) is 6.04 Å². The zero-order valence-electron chi connectivity index (χ0n) is 20.1. The molecule has 0 radical (unpaired) electrons. The van der Waals surface area contributed by atoms with Crippen molar-refractivity contribution in [3.05, 3.63) is 63.9 Å². The Bertz CT molecular complexity index is 1290. The molecule has 0 spiro atoms. The summed E-state index contributed by atoms with van der Waals surface area (Å²) in [5.74, 6) is -1.47. The van der Waals surface area contributed by atoms with Gasteiger partial charge in [0.15, 0.2) is 0 Å². The smallest absolute Gasteiger partial charge is 0.328 e. The van der Waals surface area contributed by atoms with Crippen LogP contribution in [0.5, 0.6) is 0 Å². The molecule has 1 amide bonds. The largest absolute Gasteiger partial charge is 0.466 e. The van der Waals surface area contributed by atoms with E-state index < -0.39 is 23.9 Å². The molecule has 1 heterocycles. The highest BCUT2D eigenvalue weighted by Gasteiger charge is 2.24. The van der Waals surface area contributed by atoms with Gasteiger partial charge in [-0.05, 0) is 62.2 Å². The summed E-state index contributed by atoms with van der Waals surface area (Å²) in [5, 5.41) is 6.30. The van der Waals surface area contributed by atoms with Crippen LogP contribution in [0.25, 0.3) is 10.9 Å². The van der Waals surface area contributed by atoms with E-state index in [2.05, 4.69) is 20.6 Å². The van der Waals surface area contributed by atoms with Crippen molar-refractivity contribution in [1.82, 2.24) is 15.3 Å². The Morgan fingerprint density at radius 1 is 1.06 bits per heavy atom. The van der Waals surface area contributed by atoms with Crippen molar-refractivity contribution in [2.75, 3.05) is 24.3 Å². The molecular weight excluding hydrogens is 466 g/mol. The Hall–Kier alpha value is -4.41. The summed E-state index contributed by atoms with van der Waals surface area (Å²) >= 11 is 0. The van der Waals surface area contributed by atoms with Crippen molar-refractivity contribution in [3.8, 4) is 0 Å². The maximum absolute atomic E-state index is 12.7. The predicted octanol–water partition coefficient (Wildman–Crippen LogP) is 2.12. The molecule has 5 N–H and O–H groups in total. The average Bonchev–Trinajstić information content (AvgIpc) is 2.85. The molecule has 36 heavy (non-hydrogen) atoms. The molecule has 0 aliphatic rings. The Kier molecular flexibility index (Phi) is 8.98. The number of nitrogen functional groups attached to an aromatic ring is 1. The third-order valence-corrected chi connectivity index (χ3v) is 5.25. The van der Waals surface area contributed by atoms with Gasteiger partial charge in [0, 0.05) is 24.2 Å². The van der Waals surface area contributed by atoms with Crippen LogP contribution in [-0.2, 0) is 25.6 Å². The third kappa shape index (κ3) is 7.05. The fourth-order valence-electron chi connectivity index (χ4n) is 3.49. The molecule has 0 fully saturated rings. The predicted molar refractivity (Wildman–Crippen MR) is 134 cm³/mol. The van der Waals surface area contributed by atoms with E-state index in [1.54, 1.807) is 50.2 Å². The number of carbonyl (C=O) groups excluding carboxylic acids is 3. The van der Waals surface area contributed by atoms with Gasteiger partial charge in [-0.2, -0.15) is 0 Å². The first-order chi connectivity index (χ1) is 17.3. The number of esters is 2. The zero-order valence-corrected chi connectivity index (χ0v) is 20.1. The van der Waals surface area contributed by atoms with Gasteiger partial charge in [0.25, 0.3) is 11.5 Å². The number of aromatic nitrogens is 2. The fraction of sp³-hybridized carbons (Fsp3) is 0.320. The second-order valence-corrected chi connectivity index (χ2v) is 7.86. The number of nitrogens with zero attached hydrogens (tertiary/aromatic N) is 1. The van der Waals surface area contributed by atoms with Crippen LogP contribution in [0.3, 0.4) is 0 Å². The number of fused-ring (bicyclic) bond motifs is 1. The minimum Gasteiger partial charge on any atom is -0.466 e. The summed E-state index contributed by atoms with van der Waals surface area (Å²) in [6.07, 6.45) is 0.0459. The number of hydrogen-bond acceptors (Lipinski definition) is 9. The summed E-state index contributed by atoms with van der Waals surface area (Å²) in [4.78, 5) is 55.3. The molecule has 1 atom stereocenters. The summed E-state index contributed by atoms with van der Waals surface area (Å²) in [7, 11) is 0. The lowest BCUT2D eigenvalue weighted by Gasteiger charge is -2.17. The quantitative estimate of drug-likeness (QED) is 0.291. The summed E-state index contributed by atoms with van der Waals surface area (Å²) in [6, 6.07) is 11.0. The minimum atomic E-state index is -0.972. The van der Waals surface area contributed by atoms with Crippen LogP contribution in [-0.4, -0.2) is 47.1 Å². The molecule has 3 rings (SSSR count). The van der Waals surface area contributed by atoms with Crippen molar-refractivity contribution >= 4 is 40.4 Å². The van der Waals surface area contributed by atoms with Gasteiger partial charge in [-0.25, -0.2) is 9.78 Å². The first-order valence-electron chi connectivity index (χ1n) is 11.6. The second kappa shape index (κ2) is 12.3. The highest BCUT2D eigenvalue weighted by Crippen LogP contribution is 2.15. The lowest BCUT2D eigenvalue weighted by Crippen LogP contribution is -2.42. The maximum atomic E-state index is 12.7. The molecule has 190 valence electrons. The first-order valence-corrected chi connectivity index (χ1v) is 11.6. The Morgan fingerprint density at radius 3 is 2.47 bits per heavy atom. The number of nitrogens with two attached hydrogens (primary N) is 1. The molecule has 0 saturated carbocycles. The topological polar surface area (TPSA) is 165 Å². The Labute approximate surface area is 207 Å². The molecule has 3 aromatic rings. The van der Waals surface area contributed by atoms with Crippen LogP contribution in [0.15, 0.2) is 47.3 Å². The fourth-order valence-corrected chi connectivity index (χ4v) is 3.49. The molecule has 0 bridgehead atoms. The summed E-state index contributed by atoms with van der Waals surface area (Å²) < 4.78 is 9.90. The van der Waals surface area contributed by atoms with Crippen LogP contribution in [0.1, 0.15) is 42.6 Å². The number of hydrogen-bond donors (Lipinski definition) is 4. The van der Waals surface area contributed by atoms with Crippen molar-refractivity contribution in [1.29, 1.82) is 0 Å². The van der Waals surface area contributed by atoms with Gasteiger partial charge < -0.3 is 25.8 Å². The van der Waals surface area contributed by atoms with Gasteiger partial charge in [-0.1, -0.05) is 6.07 Å². The molecule has 0 unspecified atom stereocenters. The number of carbonyl (C=O) groups is 3. The number of amides is 1. The number of ether oxygens (including phenoxy) is 2. The molecule has 2 aromatic carbocycles. The number of H-pyrrole nitrogens is 1. The number of anilines is 2. The monoisotopic (exact) mass is 495 g/mol. The lowest BCUT2D eigenvalue weighted by molar-refractivity contribution is -0.146. The van der Waals surface area contributed by atoms with Crippen LogP contribution < -0.4 is 21.9 Å². The van der Waals surface area contributed by atoms with Crippen molar-refractivity contribution < 1.29 is 23.9 Å². The average molecular weight is 496 g/mol. The Morgan fingerprint density at radius 2 is 1.78 bits per heavy atom. The van der Waals surface area contributed by atoms with E-state index in [9.17, 15) is 19.2 Å².